The molecular formula is C6H12N2O2. The number of rotatable bonds is 4. The maximum atomic E-state index is 8.10. The summed E-state index contributed by atoms with van der Waals surface area (Å²) >= 11 is 0. The molecular weight excluding hydrogens is 132 g/mol. The lowest BCUT2D eigenvalue weighted by molar-refractivity contribution is 0.157. The van der Waals surface area contributed by atoms with Gasteiger partial charge in [0.2, 0.25) is 0 Å². The van der Waals surface area contributed by atoms with E-state index in [1.54, 1.807) is 0 Å². The molecule has 1 saturated carbocycles. The van der Waals surface area contributed by atoms with Crippen LogP contribution in [-0.4, -0.2) is 24.3 Å². The average molecular weight is 144 g/mol. The van der Waals surface area contributed by atoms with Crippen molar-refractivity contribution in [2.75, 3.05) is 13.2 Å². The maximum absolute atomic E-state index is 8.10. The fourth-order valence-corrected chi connectivity index (χ4v) is 0.644. The molecule has 0 aromatic heterocycles. The van der Waals surface area contributed by atoms with Crippen LogP contribution in [0.3, 0.4) is 0 Å². The molecule has 0 amide bonds. The summed E-state index contributed by atoms with van der Waals surface area (Å²) in [6, 6.07) is 0. The Kier molecular flexibility index (Phi) is 2.50. The van der Waals surface area contributed by atoms with Crippen LogP contribution in [0.15, 0.2) is 5.16 Å². The van der Waals surface area contributed by atoms with Crippen molar-refractivity contribution in [1.82, 2.24) is 0 Å². The van der Waals surface area contributed by atoms with Gasteiger partial charge in [-0.1, -0.05) is 5.16 Å². The molecule has 10 heavy (non-hydrogen) atoms. The molecule has 3 N–H and O–H groups in total. The average Bonchev–Trinajstić information content (AvgIpc) is 2.71. The molecule has 0 aromatic carbocycles. The topological polar surface area (TPSA) is 67.8 Å². The molecule has 0 saturated heterocycles. The highest BCUT2D eigenvalue weighted by Gasteiger charge is 2.21. The Balaban J connectivity index is 1.93. The summed E-state index contributed by atoms with van der Waals surface area (Å²) in [5.74, 6) is 0.868. The van der Waals surface area contributed by atoms with Crippen molar-refractivity contribution < 1.29 is 9.94 Å². The van der Waals surface area contributed by atoms with E-state index in [1.165, 1.54) is 12.8 Å². The summed E-state index contributed by atoms with van der Waals surface area (Å²) in [7, 11) is 0. The first kappa shape index (κ1) is 7.34. The lowest BCUT2D eigenvalue weighted by Gasteiger charge is -1.99. The van der Waals surface area contributed by atoms with E-state index in [0.717, 1.165) is 12.5 Å². The van der Waals surface area contributed by atoms with Crippen LogP contribution >= 0.6 is 0 Å². The SMILES string of the molecule is N/C(COCC1CC1)=N\O. The second kappa shape index (κ2) is 3.41. The van der Waals surface area contributed by atoms with Crippen LogP contribution < -0.4 is 5.73 Å². The predicted molar refractivity (Wildman–Crippen MR) is 37.0 cm³/mol. The largest absolute Gasteiger partial charge is 0.409 e. The van der Waals surface area contributed by atoms with Gasteiger partial charge in [-0.25, -0.2) is 0 Å². The number of oxime groups is 1. The van der Waals surface area contributed by atoms with Crippen molar-refractivity contribution >= 4 is 5.84 Å². The molecule has 1 aliphatic carbocycles. The van der Waals surface area contributed by atoms with Gasteiger partial charge in [-0.05, 0) is 18.8 Å². The number of hydrogen-bond acceptors (Lipinski definition) is 3. The third kappa shape index (κ3) is 2.68. The predicted octanol–water partition coefficient (Wildman–Crippen LogP) is 0.159. The Morgan fingerprint density at radius 3 is 2.90 bits per heavy atom. The van der Waals surface area contributed by atoms with E-state index in [-0.39, 0.29) is 12.4 Å². The molecule has 4 heteroatoms. The highest BCUT2D eigenvalue weighted by molar-refractivity contribution is 5.80. The Hall–Kier alpha value is -0.770. The minimum atomic E-state index is 0.139. The number of hydrogen-bond donors (Lipinski definition) is 2. The van der Waals surface area contributed by atoms with Crippen LogP contribution in [0.25, 0.3) is 0 Å². The lowest BCUT2D eigenvalue weighted by atomic mass is 10.5. The van der Waals surface area contributed by atoms with Crippen LogP contribution in [0, 0.1) is 5.92 Å². The zero-order valence-electron chi connectivity index (χ0n) is 5.79. The van der Waals surface area contributed by atoms with Crippen LogP contribution in [0.5, 0.6) is 0 Å². The van der Waals surface area contributed by atoms with E-state index in [4.69, 9.17) is 15.7 Å². The van der Waals surface area contributed by atoms with Crippen molar-refractivity contribution in [1.29, 1.82) is 0 Å². The number of amidine groups is 1. The zero-order chi connectivity index (χ0) is 7.40. The van der Waals surface area contributed by atoms with E-state index in [9.17, 15) is 0 Å². The fourth-order valence-electron chi connectivity index (χ4n) is 0.644. The van der Waals surface area contributed by atoms with Crippen LogP contribution in [-0.2, 0) is 4.74 Å². The first-order valence-electron chi connectivity index (χ1n) is 3.37. The molecule has 0 bridgehead atoms. The molecule has 0 spiro atoms. The first-order chi connectivity index (χ1) is 4.83. The van der Waals surface area contributed by atoms with Crippen molar-refractivity contribution in [3.8, 4) is 0 Å². The quantitative estimate of drug-likeness (QED) is 0.255. The number of nitrogens with two attached hydrogens (primary N) is 1. The zero-order valence-corrected chi connectivity index (χ0v) is 5.79. The molecule has 1 rings (SSSR count). The van der Waals surface area contributed by atoms with Crippen LogP contribution in [0.2, 0.25) is 0 Å². The number of nitrogens with zero attached hydrogens (tertiary/aromatic N) is 1. The molecule has 0 heterocycles. The normalized spacial score (nSPS) is 19.4. The van der Waals surface area contributed by atoms with Crippen LogP contribution in [0.1, 0.15) is 12.8 Å². The van der Waals surface area contributed by atoms with Gasteiger partial charge in [0, 0.05) is 6.61 Å². The Morgan fingerprint density at radius 1 is 1.70 bits per heavy atom. The highest BCUT2D eigenvalue weighted by atomic mass is 16.5. The molecule has 0 atom stereocenters. The third-order valence-corrected chi connectivity index (χ3v) is 1.43. The molecule has 1 aliphatic rings. The van der Waals surface area contributed by atoms with Gasteiger partial charge in [-0.3, -0.25) is 0 Å². The molecule has 4 nitrogen and oxygen atoms in total. The highest BCUT2D eigenvalue weighted by Crippen LogP contribution is 2.28. The monoisotopic (exact) mass is 144 g/mol. The summed E-state index contributed by atoms with van der Waals surface area (Å²) in [5, 5.41) is 10.9. The second-order valence-electron chi connectivity index (χ2n) is 2.55. The molecule has 0 unspecified atom stereocenters. The summed E-state index contributed by atoms with van der Waals surface area (Å²) in [4.78, 5) is 0. The number of ether oxygens (including phenoxy) is 1. The van der Waals surface area contributed by atoms with E-state index < -0.39 is 0 Å². The van der Waals surface area contributed by atoms with Gasteiger partial charge in [0.15, 0.2) is 5.84 Å². The van der Waals surface area contributed by atoms with Crippen LogP contribution in [0.4, 0.5) is 0 Å². The van der Waals surface area contributed by atoms with Crippen molar-refractivity contribution in [3.63, 3.8) is 0 Å². The third-order valence-electron chi connectivity index (χ3n) is 1.43. The summed E-state index contributed by atoms with van der Waals surface area (Å²) < 4.78 is 5.09. The summed E-state index contributed by atoms with van der Waals surface area (Å²) in [6.45, 7) is 0.989. The Labute approximate surface area is 59.7 Å². The molecule has 58 valence electrons. The van der Waals surface area contributed by atoms with Crippen molar-refractivity contribution in [2.24, 2.45) is 16.8 Å². The van der Waals surface area contributed by atoms with E-state index in [0.29, 0.717) is 0 Å². The van der Waals surface area contributed by atoms with Gasteiger partial charge in [-0.2, -0.15) is 0 Å². The molecule has 0 radical (unpaired) electrons. The smallest absolute Gasteiger partial charge is 0.165 e. The Morgan fingerprint density at radius 2 is 2.40 bits per heavy atom. The van der Waals surface area contributed by atoms with Gasteiger partial charge < -0.3 is 15.7 Å². The minimum Gasteiger partial charge on any atom is -0.409 e. The molecule has 0 aromatic rings. The van der Waals surface area contributed by atoms with E-state index in [2.05, 4.69) is 5.16 Å². The van der Waals surface area contributed by atoms with E-state index >= 15 is 0 Å². The first-order valence-corrected chi connectivity index (χ1v) is 3.37. The standard InChI is InChI=1S/C6H12N2O2/c7-6(8-9)4-10-3-5-1-2-5/h5,9H,1-4H2,(H2,7,8). The summed E-state index contributed by atoms with van der Waals surface area (Å²) in [6.07, 6.45) is 2.52. The van der Waals surface area contributed by atoms with Gasteiger partial charge in [0.05, 0.1) is 0 Å². The molecule has 1 fully saturated rings. The fraction of sp³-hybridized carbons (Fsp3) is 0.833. The maximum Gasteiger partial charge on any atom is 0.165 e. The van der Waals surface area contributed by atoms with Gasteiger partial charge in [0.1, 0.15) is 6.61 Å². The lowest BCUT2D eigenvalue weighted by Crippen LogP contribution is -2.19. The van der Waals surface area contributed by atoms with Crippen molar-refractivity contribution in [3.05, 3.63) is 0 Å². The molecule has 0 aliphatic heterocycles. The van der Waals surface area contributed by atoms with Crippen molar-refractivity contribution in [2.45, 2.75) is 12.8 Å². The van der Waals surface area contributed by atoms with Gasteiger partial charge in [-0.15, -0.1) is 0 Å². The van der Waals surface area contributed by atoms with E-state index in [1.807, 2.05) is 0 Å². The van der Waals surface area contributed by atoms with Gasteiger partial charge in [0.25, 0.3) is 0 Å². The van der Waals surface area contributed by atoms with Gasteiger partial charge >= 0.3 is 0 Å². The second-order valence-corrected chi connectivity index (χ2v) is 2.55. The summed E-state index contributed by atoms with van der Waals surface area (Å²) in [5.41, 5.74) is 5.15. The minimum absolute atomic E-state index is 0.139. The Bertz CT molecular complexity index is 132.